The van der Waals surface area contributed by atoms with Gasteiger partial charge in [-0.05, 0) is 25.1 Å². The van der Waals surface area contributed by atoms with E-state index in [9.17, 15) is 0 Å². The van der Waals surface area contributed by atoms with E-state index in [1.165, 1.54) is 5.56 Å². The molecule has 19 heavy (non-hydrogen) atoms. The second kappa shape index (κ2) is 5.41. The van der Waals surface area contributed by atoms with Crippen molar-refractivity contribution in [2.24, 2.45) is 0 Å². The predicted octanol–water partition coefficient (Wildman–Crippen LogP) is 2.83. The first-order chi connectivity index (χ1) is 9.31. The molecule has 98 valence electrons. The molecule has 0 aliphatic carbocycles. The SMILES string of the molecule is CN1CCC(Oc2cncc(-c3ccccc3)c2)C1. The van der Waals surface area contributed by atoms with Crippen LogP contribution in [0.4, 0.5) is 0 Å². The second-order valence-corrected chi connectivity index (χ2v) is 5.07. The zero-order valence-electron chi connectivity index (χ0n) is 11.1. The zero-order valence-corrected chi connectivity index (χ0v) is 11.1. The predicted molar refractivity (Wildman–Crippen MR) is 76.2 cm³/mol. The Morgan fingerprint density at radius 1 is 1.16 bits per heavy atom. The molecule has 1 atom stereocenters. The maximum atomic E-state index is 6.00. The quantitative estimate of drug-likeness (QED) is 0.842. The number of pyridine rings is 1. The van der Waals surface area contributed by atoms with Crippen LogP contribution in [0.1, 0.15) is 6.42 Å². The number of benzene rings is 1. The molecule has 0 radical (unpaired) electrons. The monoisotopic (exact) mass is 254 g/mol. The van der Waals surface area contributed by atoms with Gasteiger partial charge in [0.2, 0.25) is 0 Å². The summed E-state index contributed by atoms with van der Waals surface area (Å²) in [6, 6.07) is 12.3. The maximum Gasteiger partial charge on any atom is 0.138 e. The highest BCUT2D eigenvalue weighted by Crippen LogP contribution is 2.24. The van der Waals surface area contributed by atoms with Gasteiger partial charge in [-0.1, -0.05) is 30.3 Å². The van der Waals surface area contributed by atoms with Crippen LogP contribution in [0, 0.1) is 0 Å². The molecule has 1 saturated heterocycles. The number of ether oxygens (including phenoxy) is 1. The van der Waals surface area contributed by atoms with Gasteiger partial charge in [-0.2, -0.15) is 0 Å². The van der Waals surface area contributed by atoms with Gasteiger partial charge in [-0.3, -0.25) is 4.98 Å². The first-order valence-corrected chi connectivity index (χ1v) is 6.67. The molecule has 1 unspecified atom stereocenters. The highest BCUT2D eigenvalue weighted by Gasteiger charge is 2.20. The van der Waals surface area contributed by atoms with Gasteiger partial charge >= 0.3 is 0 Å². The van der Waals surface area contributed by atoms with Gasteiger partial charge in [-0.15, -0.1) is 0 Å². The van der Waals surface area contributed by atoms with Crippen LogP contribution in [0.15, 0.2) is 48.8 Å². The Bertz CT molecular complexity index is 541. The first-order valence-electron chi connectivity index (χ1n) is 6.67. The van der Waals surface area contributed by atoms with Crippen molar-refractivity contribution in [1.29, 1.82) is 0 Å². The number of rotatable bonds is 3. The standard InChI is InChI=1S/C16H18N2O/c1-18-8-7-15(12-18)19-16-9-14(10-17-11-16)13-5-3-2-4-6-13/h2-6,9-11,15H,7-8,12H2,1H3. The minimum absolute atomic E-state index is 0.290. The summed E-state index contributed by atoms with van der Waals surface area (Å²) < 4.78 is 6.00. The number of hydrogen-bond acceptors (Lipinski definition) is 3. The molecule has 1 aliphatic rings. The smallest absolute Gasteiger partial charge is 0.138 e. The van der Waals surface area contributed by atoms with Gasteiger partial charge in [0.05, 0.1) is 6.20 Å². The molecule has 0 bridgehead atoms. The van der Waals surface area contributed by atoms with Crippen LogP contribution >= 0.6 is 0 Å². The summed E-state index contributed by atoms with van der Waals surface area (Å²) in [5.74, 6) is 0.863. The van der Waals surface area contributed by atoms with Crippen molar-refractivity contribution in [2.75, 3.05) is 20.1 Å². The summed E-state index contributed by atoms with van der Waals surface area (Å²) in [6.45, 7) is 2.10. The zero-order chi connectivity index (χ0) is 13.1. The first kappa shape index (κ1) is 12.2. The highest BCUT2D eigenvalue weighted by atomic mass is 16.5. The fourth-order valence-corrected chi connectivity index (χ4v) is 2.45. The van der Waals surface area contributed by atoms with Crippen LogP contribution in [0.2, 0.25) is 0 Å². The van der Waals surface area contributed by atoms with Crippen LogP contribution in [-0.4, -0.2) is 36.1 Å². The van der Waals surface area contributed by atoms with Crippen LogP contribution in [0.5, 0.6) is 5.75 Å². The molecule has 2 heterocycles. The Balaban J connectivity index is 1.77. The fourth-order valence-electron chi connectivity index (χ4n) is 2.45. The van der Waals surface area contributed by atoms with E-state index in [4.69, 9.17) is 4.74 Å². The number of hydrogen-bond donors (Lipinski definition) is 0. The third-order valence-electron chi connectivity index (χ3n) is 3.47. The lowest BCUT2D eigenvalue weighted by Crippen LogP contribution is -2.21. The number of likely N-dealkylation sites (N-methyl/N-ethyl adjacent to an activating group) is 1. The molecule has 0 saturated carbocycles. The molecule has 3 rings (SSSR count). The average Bonchev–Trinajstić information content (AvgIpc) is 2.85. The van der Waals surface area contributed by atoms with Gasteiger partial charge < -0.3 is 9.64 Å². The molecular weight excluding hydrogens is 236 g/mol. The lowest BCUT2D eigenvalue weighted by molar-refractivity contribution is 0.207. The number of likely N-dealkylation sites (tertiary alicyclic amines) is 1. The Hall–Kier alpha value is -1.87. The lowest BCUT2D eigenvalue weighted by Gasteiger charge is -2.14. The van der Waals surface area contributed by atoms with Crippen molar-refractivity contribution in [3.8, 4) is 16.9 Å². The van der Waals surface area contributed by atoms with E-state index in [-0.39, 0.29) is 6.10 Å². The van der Waals surface area contributed by atoms with Crippen molar-refractivity contribution >= 4 is 0 Å². The molecule has 3 heteroatoms. The van der Waals surface area contributed by atoms with Crippen molar-refractivity contribution in [2.45, 2.75) is 12.5 Å². The topological polar surface area (TPSA) is 25.4 Å². The van der Waals surface area contributed by atoms with Crippen molar-refractivity contribution in [1.82, 2.24) is 9.88 Å². The highest BCUT2D eigenvalue weighted by molar-refractivity contribution is 5.63. The average molecular weight is 254 g/mol. The molecule has 1 aliphatic heterocycles. The summed E-state index contributed by atoms with van der Waals surface area (Å²) in [5.41, 5.74) is 2.27. The molecule has 0 N–H and O–H groups in total. The summed E-state index contributed by atoms with van der Waals surface area (Å²) in [4.78, 5) is 6.57. The van der Waals surface area contributed by atoms with Gasteiger partial charge in [-0.25, -0.2) is 0 Å². The number of nitrogens with zero attached hydrogens (tertiary/aromatic N) is 2. The van der Waals surface area contributed by atoms with E-state index in [0.29, 0.717) is 0 Å². The molecule has 2 aromatic rings. The fraction of sp³-hybridized carbons (Fsp3) is 0.312. The normalized spacial score (nSPS) is 19.5. The maximum absolute atomic E-state index is 6.00. The van der Waals surface area contributed by atoms with Gasteiger partial charge in [0, 0.05) is 24.8 Å². The Morgan fingerprint density at radius 3 is 2.74 bits per heavy atom. The largest absolute Gasteiger partial charge is 0.487 e. The third-order valence-corrected chi connectivity index (χ3v) is 3.47. The van der Waals surface area contributed by atoms with E-state index >= 15 is 0 Å². The molecule has 1 aromatic carbocycles. The van der Waals surface area contributed by atoms with Crippen LogP contribution in [-0.2, 0) is 0 Å². The molecular formula is C16H18N2O. The minimum atomic E-state index is 0.290. The van der Waals surface area contributed by atoms with E-state index in [1.807, 2.05) is 24.4 Å². The van der Waals surface area contributed by atoms with Gasteiger partial charge in [0.1, 0.15) is 11.9 Å². The summed E-state index contributed by atoms with van der Waals surface area (Å²) in [7, 11) is 2.13. The molecule has 1 aromatic heterocycles. The third kappa shape index (κ3) is 2.93. The minimum Gasteiger partial charge on any atom is -0.487 e. The van der Waals surface area contributed by atoms with Crippen molar-refractivity contribution in [3.63, 3.8) is 0 Å². The van der Waals surface area contributed by atoms with Gasteiger partial charge in [0.25, 0.3) is 0 Å². The van der Waals surface area contributed by atoms with E-state index in [1.54, 1.807) is 6.20 Å². The lowest BCUT2D eigenvalue weighted by atomic mass is 10.1. The summed E-state index contributed by atoms with van der Waals surface area (Å²) in [5, 5.41) is 0. The molecule has 0 spiro atoms. The van der Waals surface area contributed by atoms with E-state index < -0.39 is 0 Å². The summed E-state index contributed by atoms with van der Waals surface area (Å²) >= 11 is 0. The van der Waals surface area contributed by atoms with Crippen LogP contribution in [0.3, 0.4) is 0 Å². The van der Waals surface area contributed by atoms with E-state index in [0.717, 1.165) is 30.8 Å². The van der Waals surface area contributed by atoms with Crippen LogP contribution < -0.4 is 4.74 Å². The Kier molecular flexibility index (Phi) is 3.47. The molecule has 1 fully saturated rings. The second-order valence-electron chi connectivity index (χ2n) is 5.07. The van der Waals surface area contributed by atoms with Crippen molar-refractivity contribution < 1.29 is 4.74 Å². The molecule has 0 amide bonds. The summed E-state index contributed by atoms with van der Waals surface area (Å²) in [6.07, 6.45) is 5.05. The van der Waals surface area contributed by atoms with Crippen molar-refractivity contribution in [3.05, 3.63) is 48.8 Å². The molecule has 3 nitrogen and oxygen atoms in total. The Labute approximate surface area is 113 Å². The van der Waals surface area contributed by atoms with Crippen LogP contribution in [0.25, 0.3) is 11.1 Å². The van der Waals surface area contributed by atoms with E-state index in [2.05, 4.69) is 35.1 Å². The number of aromatic nitrogens is 1. The Morgan fingerprint density at radius 2 is 2.00 bits per heavy atom. The van der Waals surface area contributed by atoms with Gasteiger partial charge in [0.15, 0.2) is 0 Å².